The number of hydrogen-bond donors (Lipinski definition) is 2. The molecule has 2 heterocycles. The van der Waals surface area contributed by atoms with E-state index in [9.17, 15) is 13.5 Å². The Morgan fingerprint density at radius 3 is 2.61 bits per heavy atom. The van der Waals surface area contributed by atoms with Gasteiger partial charge in [-0.05, 0) is 52.5 Å². The molecule has 0 aliphatic rings. The number of thiophene rings is 2. The SMILES string of the molecule is CC(O)(CNS(=O)(=O)c1ccc(Br)s1)c1cc2ccccc2s1. The maximum absolute atomic E-state index is 12.3. The molecular formula is C15H14BrNO3S3. The molecule has 4 nitrogen and oxygen atoms in total. The van der Waals surface area contributed by atoms with Gasteiger partial charge >= 0.3 is 0 Å². The van der Waals surface area contributed by atoms with Gasteiger partial charge in [0.15, 0.2) is 0 Å². The second-order valence-electron chi connectivity index (χ2n) is 5.31. The lowest BCUT2D eigenvalue weighted by molar-refractivity contribution is 0.0667. The molecule has 0 saturated carbocycles. The highest BCUT2D eigenvalue weighted by Crippen LogP contribution is 2.33. The second-order valence-corrected chi connectivity index (χ2v) is 10.8. The third kappa shape index (κ3) is 3.67. The van der Waals surface area contributed by atoms with Crippen LogP contribution in [-0.4, -0.2) is 20.1 Å². The molecule has 1 unspecified atom stereocenters. The van der Waals surface area contributed by atoms with E-state index >= 15 is 0 Å². The van der Waals surface area contributed by atoms with E-state index in [2.05, 4.69) is 20.7 Å². The summed E-state index contributed by atoms with van der Waals surface area (Å²) >= 11 is 5.85. The molecule has 0 radical (unpaired) electrons. The number of aliphatic hydroxyl groups is 1. The van der Waals surface area contributed by atoms with Gasteiger partial charge in [0.25, 0.3) is 0 Å². The lowest BCUT2D eigenvalue weighted by atomic mass is 10.1. The second kappa shape index (κ2) is 6.27. The quantitative estimate of drug-likeness (QED) is 0.643. The highest BCUT2D eigenvalue weighted by molar-refractivity contribution is 9.11. The van der Waals surface area contributed by atoms with Crippen molar-refractivity contribution in [3.8, 4) is 0 Å². The fraction of sp³-hybridized carbons (Fsp3) is 0.200. The Bertz CT molecular complexity index is 911. The smallest absolute Gasteiger partial charge is 0.250 e. The number of nitrogens with one attached hydrogen (secondary N) is 1. The van der Waals surface area contributed by atoms with Crippen LogP contribution in [0.5, 0.6) is 0 Å². The van der Waals surface area contributed by atoms with E-state index in [0.717, 1.165) is 30.1 Å². The van der Waals surface area contributed by atoms with Crippen LogP contribution in [0.15, 0.2) is 50.5 Å². The van der Waals surface area contributed by atoms with Gasteiger partial charge in [0.1, 0.15) is 9.81 Å². The van der Waals surface area contributed by atoms with Crippen LogP contribution in [0.2, 0.25) is 0 Å². The van der Waals surface area contributed by atoms with Crippen LogP contribution in [0.4, 0.5) is 0 Å². The Morgan fingerprint density at radius 1 is 1.22 bits per heavy atom. The van der Waals surface area contributed by atoms with Crippen LogP contribution in [-0.2, 0) is 15.6 Å². The first kappa shape index (κ1) is 17.1. The van der Waals surface area contributed by atoms with Gasteiger partial charge in [0.05, 0.1) is 3.79 Å². The third-order valence-electron chi connectivity index (χ3n) is 3.38. The number of halogens is 1. The number of rotatable bonds is 5. The molecule has 0 amide bonds. The summed E-state index contributed by atoms with van der Waals surface area (Å²) in [7, 11) is -3.63. The molecule has 2 N–H and O–H groups in total. The molecule has 0 saturated heterocycles. The Hall–Kier alpha value is -0.770. The summed E-state index contributed by atoms with van der Waals surface area (Å²) < 4.78 is 29.0. The van der Waals surface area contributed by atoms with Gasteiger partial charge in [-0.15, -0.1) is 22.7 Å². The van der Waals surface area contributed by atoms with E-state index in [0.29, 0.717) is 0 Å². The minimum atomic E-state index is -3.63. The molecule has 0 spiro atoms. The Kier molecular flexibility index (Phi) is 4.65. The maximum Gasteiger partial charge on any atom is 0.250 e. The fourth-order valence-electron chi connectivity index (χ4n) is 2.08. The maximum atomic E-state index is 12.3. The molecule has 0 fully saturated rings. The zero-order valence-electron chi connectivity index (χ0n) is 12.1. The zero-order valence-corrected chi connectivity index (χ0v) is 16.2. The Balaban J connectivity index is 1.80. The predicted molar refractivity (Wildman–Crippen MR) is 98.6 cm³/mol. The molecule has 0 bridgehead atoms. The third-order valence-corrected chi connectivity index (χ3v) is 8.26. The highest BCUT2D eigenvalue weighted by atomic mass is 79.9. The van der Waals surface area contributed by atoms with Crippen molar-refractivity contribution in [1.29, 1.82) is 0 Å². The monoisotopic (exact) mass is 431 g/mol. The molecule has 8 heteroatoms. The van der Waals surface area contributed by atoms with E-state index in [1.54, 1.807) is 13.0 Å². The minimum Gasteiger partial charge on any atom is -0.383 e. The molecule has 3 rings (SSSR count). The van der Waals surface area contributed by atoms with E-state index < -0.39 is 15.6 Å². The summed E-state index contributed by atoms with van der Waals surface area (Å²) in [6.07, 6.45) is 0. The topological polar surface area (TPSA) is 66.4 Å². The van der Waals surface area contributed by atoms with Crippen molar-refractivity contribution in [2.45, 2.75) is 16.7 Å². The molecular weight excluding hydrogens is 418 g/mol. The van der Waals surface area contributed by atoms with Gasteiger partial charge in [-0.1, -0.05) is 18.2 Å². The number of sulfonamides is 1. The van der Waals surface area contributed by atoms with Crippen molar-refractivity contribution in [3.63, 3.8) is 0 Å². The van der Waals surface area contributed by atoms with Crippen molar-refractivity contribution in [2.75, 3.05) is 6.54 Å². The zero-order chi connectivity index (χ0) is 16.7. The lowest BCUT2D eigenvalue weighted by Gasteiger charge is -2.22. The number of benzene rings is 1. The summed E-state index contributed by atoms with van der Waals surface area (Å²) in [5.41, 5.74) is -1.27. The van der Waals surface area contributed by atoms with Crippen molar-refractivity contribution in [3.05, 3.63) is 51.1 Å². The minimum absolute atomic E-state index is 0.0856. The van der Waals surface area contributed by atoms with Gasteiger partial charge < -0.3 is 5.11 Å². The number of hydrogen-bond acceptors (Lipinski definition) is 5. The van der Waals surface area contributed by atoms with Crippen molar-refractivity contribution < 1.29 is 13.5 Å². The van der Waals surface area contributed by atoms with Gasteiger partial charge in [-0.2, -0.15) is 0 Å². The lowest BCUT2D eigenvalue weighted by Crippen LogP contribution is -2.37. The van der Waals surface area contributed by atoms with Crippen LogP contribution >= 0.6 is 38.6 Å². The van der Waals surface area contributed by atoms with Gasteiger partial charge in [-0.25, -0.2) is 13.1 Å². The van der Waals surface area contributed by atoms with Crippen LogP contribution in [0, 0.1) is 0 Å². The van der Waals surface area contributed by atoms with Gasteiger partial charge in [-0.3, -0.25) is 0 Å². The van der Waals surface area contributed by atoms with Crippen LogP contribution in [0.1, 0.15) is 11.8 Å². The largest absolute Gasteiger partial charge is 0.383 e. The summed E-state index contributed by atoms with van der Waals surface area (Å²) in [5.74, 6) is 0. The first-order valence-electron chi connectivity index (χ1n) is 6.74. The normalized spacial score (nSPS) is 14.9. The summed E-state index contributed by atoms with van der Waals surface area (Å²) in [6.45, 7) is 1.53. The van der Waals surface area contributed by atoms with E-state index in [1.807, 2.05) is 30.3 Å². The molecule has 1 atom stereocenters. The van der Waals surface area contributed by atoms with E-state index in [4.69, 9.17) is 0 Å². The number of fused-ring (bicyclic) bond motifs is 1. The van der Waals surface area contributed by atoms with Crippen molar-refractivity contribution >= 4 is 58.7 Å². The highest BCUT2D eigenvalue weighted by Gasteiger charge is 2.28. The molecule has 2 aromatic heterocycles. The first-order chi connectivity index (χ1) is 10.8. The van der Waals surface area contributed by atoms with Crippen LogP contribution in [0.3, 0.4) is 0 Å². The van der Waals surface area contributed by atoms with Crippen LogP contribution < -0.4 is 4.72 Å². The summed E-state index contributed by atoms with van der Waals surface area (Å²) in [5, 5.41) is 11.7. The van der Waals surface area contributed by atoms with Crippen molar-refractivity contribution in [2.24, 2.45) is 0 Å². The van der Waals surface area contributed by atoms with Crippen LogP contribution in [0.25, 0.3) is 10.1 Å². The molecule has 23 heavy (non-hydrogen) atoms. The molecule has 0 aliphatic carbocycles. The predicted octanol–water partition coefficient (Wildman–Crippen LogP) is 3.91. The summed E-state index contributed by atoms with van der Waals surface area (Å²) in [6, 6.07) is 12.9. The molecule has 1 aromatic carbocycles. The molecule has 3 aromatic rings. The van der Waals surface area contributed by atoms with Crippen molar-refractivity contribution in [1.82, 2.24) is 4.72 Å². The summed E-state index contributed by atoms with van der Waals surface area (Å²) in [4.78, 5) is 0.730. The Morgan fingerprint density at radius 2 is 1.96 bits per heavy atom. The van der Waals surface area contributed by atoms with E-state index in [1.165, 1.54) is 17.4 Å². The van der Waals surface area contributed by atoms with Gasteiger partial charge in [0, 0.05) is 16.1 Å². The molecule has 122 valence electrons. The first-order valence-corrected chi connectivity index (χ1v) is 10.7. The van der Waals surface area contributed by atoms with Gasteiger partial charge in [0.2, 0.25) is 10.0 Å². The van der Waals surface area contributed by atoms with E-state index in [-0.39, 0.29) is 10.8 Å². The molecule has 0 aliphatic heterocycles. The average molecular weight is 432 g/mol. The average Bonchev–Trinajstić information content (AvgIpc) is 3.12. The fourth-order valence-corrected chi connectivity index (χ4v) is 6.38. The standard InChI is InChI=1S/C15H14BrNO3S3/c1-15(18,12-8-10-4-2-3-5-11(10)21-12)9-17-23(19,20)14-7-6-13(16)22-14/h2-8,17-18H,9H2,1H3. The Labute approximate surface area is 151 Å².